The third kappa shape index (κ3) is 4.38. The van der Waals surface area contributed by atoms with Crippen LogP contribution < -0.4 is 5.32 Å². The van der Waals surface area contributed by atoms with Crippen molar-refractivity contribution in [2.75, 3.05) is 11.9 Å². The number of hydrogen-bond donors (Lipinski definition) is 1. The minimum atomic E-state index is -4.44. The van der Waals surface area contributed by atoms with Crippen LogP contribution in [0.2, 0.25) is 0 Å². The average Bonchev–Trinajstić information content (AvgIpc) is 2.78. The standard InChI is InChI=1S/C23H19F4N3O/c24-14-15-3-9-19(10-4-15)29-22(31)30-13-11-16-2-1-12-28-20(16)21(30)17-5-7-18(8-6-17)23(25,26)27/h1-10,12,21H,11,13-14H2,(H,29,31)/t21-/m1/s1. The average molecular weight is 429 g/mol. The van der Waals surface area contributed by atoms with Gasteiger partial charge in [0, 0.05) is 18.4 Å². The highest BCUT2D eigenvalue weighted by molar-refractivity contribution is 5.90. The maximum atomic E-state index is 13.1. The van der Waals surface area contributed by atoms with E-state index in [9.17, 15) is 22.4 Å². The molecular weight excluding hydrogens is 410 g/mol. The minimum absolute atomic E-state index is 0.374. The Hall–Kier alpha value is -3.42. The molecule has 3 aromatic rings. The second kappa shape index (κ2) is 8.37. The third-order valence-corrected chi connectivity index (χ3v) is 5.29. The van der Waals surface area contributed by atoms with Gasteiger partial charge in [-0.25, -0.2) is 9.18 Å². The summed E-state index contributed by atoms with van der Waals surface area (Å²) in [4.78, 5) is 19.1. The maximum Gasteiger partial charge on any atom is 0.416 e. The van der Waals surface area contributed by atoms with E-state index in [-0.39, 0.29) is 0 Å². The second-order valence-corrected chi connectivity index (χ2v) is 7.27. The van der Waals surface area contributed by atoms with Gasteiger partial charge in [0.2, 0.25) is 0 Å². The molecule has 0 saturated heterocycles. The first-order chi connectivity index (χ1) is 14.9. The lowest BCUT2D eigenvalue weighted by Gasteiger charge is -2.36. The van der Waals surface area contributed by atoms with Gasteiger partial charge in [0.25, 0.3) is 0 Å². The molecule has 1 aromatic heterocycles. The van der Waals surface area contributed by atoms with Crippen molar-refractivity contribution in [3.05, 3.63) is 94.8 Å². The van der Waals surface area contributed by atoms with Gasteiger partial charge in [-0.15, -0.1) is 0 Å². The van der Waals surface area contributed by atoms with E-state index in [2.05, 4.69) is 10.3 Å². The van der Waals surface area contributed by atoms with Gasteiger partial charge in [-0.3, -0.25) is 4.98 Å². The fourth-order valence-corrected chi connectivity index (χ4v) is 3.71. The van der Waals surface area contributed by atoms with Gasteiger partial charge >= 0.3 is 12.2 Å². The number of carbonyl (C=O) groups is 1. The zero-order valence-corrected chi connectivity index (χ0v) is 16.4. The van der Waals surface area contributed by atoms with Crippen LogP contribution in [0.25, 0.3) is 0 Å². The van der Waals surface area contributed by atoms with Crippen molar-refractivity contribution < 1.29 is 22.4 Å². The number of anilines is 1. The number of hydrogen-bond acceptors (Lipinski definition) is 2. The lowest BCUT2D eigenvalue weighted by molar-refractivity contribution is -0.137. The van der Waals surface area contributed by atoms with Crippen molar-refractivity contribution >= 4 is 11.7 Å². The van der Waals surface area contributed by atoms with Crippen LogP contribution in [0.5, 0.6) is 0 Å². The van der Waals surface area contributed by atoms with Crippen molar-refractivity contribution in [2.45, 2.75) is 25.3 Å². The molecule has 2 heterocycles. The van der Waals surface area contributed by atoms with Gasteiger partial charge in [-0.1, -0.05) is 30.3 Å². The summed E-state index contributed by atoms with van der Waals surface area (Å²) < 4.78 is 51.7. The van der Waals surface area contributed by atoms with E-state index in [4.69, 9.17) is 0 Å². The molecule has 160 valence electrons. The molecule has 1 N–H and O–H groups in total. The third-order valence-electron chi connectivity index (χ3n) is 5.29. The Morgan fingerprint density at radius 3 is 2.42 bits per heavy atom. The molecule has 1 aliphatic rings. The number of rotatable bonds is 3. The van der Waals surface area contributed by atoms with Crippen molar-refractivity contribution in [1.29, 1.82) is 0 Å². The zero-order chi connectivity index (χ0) is 22.0. The number of alkyl halides is 4. The first-order valence-corrected chi connectivity index (χ1v) is 9.70. The molecule has 0 radical (unpaired) electrons. The number of nitrogens with zero attached hydrogens (tertiary/aromatic N) is 2. The van der Waals surface area contributed by atoms with Gasteiger partial charge in [-0.05, 0) is 53.4 Å². The van der Waals surface area contributed by atoms with Crippen LogP contribution in [-0.2, 0) is 19.3 Å². The molecular formula is C23H19F4N3O. The van der Waals surface area contributed by atoms with Crippen LogP contribution in [0.1, 0.15) is 34.0 Å². The lowest BCUT2D eigenvalue weighted by atomic mass is 9.92. The summed E-state index contributed by atoms with van der Waals surface area (Å²) >= 11 is 0. The maximum absolute atomic E-state index is 13.1. The van der Waals surface area contributed by atoms with Crippen molar-refractivity contribution in [1.82, 2.24) is 9.88 Å². The number of urea groups is 1. The van der Waals surface area contributed by atoms with Crippen LogP contribution in [0, 0.1) is 0 Å². The highest BCUT2D eigenvalue weighted by atomic mass is 19.4. The topological polar surface area (TPSA) is 45.2 Å². The number of fused-ring (bicyclic) bond motifs is 1. The fraction of sp³-hybridized carbons (Fsp3) is 0.217. The molecule has 1 aliphatic heterocycles. The summed E-state index contributed by atoms with van der Waals surface area (Å²) in [6.45, 7) is -0.225. The smallest absolute Gasteiger partial charge is 0.311 e. The number of halogens is 4. The molecule has 0 bridgehead atoms. The minimum Gasteiger partial charge on any atom is -0.311 e. The number of pyridine rings is 1. The van der Waals surface area contributed by atoms with Crippen LogP contribution in [0.4, 0.5) is 28.0 Å². The summed E-state index contributed by atoms with van der Waals surface area (Å²) in [5, 5.41) is 2.79. The summed E-state index contributed by atoms with van der Waals surface area (Å²) in [7, 11) is 0. The molecule has 0 aliphatic carbocycles. The van der Waals surface area contributed by atoms with Crippen LogP contribution >= 0.6 is 0 Å². The Kier molecular flexibility index (Phi) is 5.63. The molecule has 8 heteroatoms. The lowest BCUT2D eigenvalue weighted by Crippen LogP contribution is -2.43. The predicted molar refractivity (Wildman–Crippen MR) is 108 cm³/mol. The Morgan fingerprint density at radius 2 is 1.77 bits per heavy atom. The van der Waals surface area contributed by atoms with E-state index in [1.54, 1.807) is 41.4 Å². The fourth-order valence-electron chi connectivity index (χ4n) is 3.71. The number of aromatic nitrogens is 1. The normalized spacial score (nSPS) is 16.0. The molecule has 2 aromatic carbocycles. The quantitative estimate of drug-likeness (QED) is 0.539. The van der Waals surface area contributed by atoms with Crippen molar-refractivity contribution in [2.24, 2.45) is 0 Å². The highest BCUT2D eigenvalue weighted by Crippen LogP contribution is 2.36. The summed E-state index contributed by atoms with van der Waals surface area (Å²) in [6, 6.07) is 13.8. The van der Waals surface area contributed by atoms with Crippen LogP contribution in [-0.4, -0.2) is 22.5 Å². The van der Waals surface area contributed by atoms with E-state index in [1.165, 1.54) is 12.1 Å². The predicted octanol–water partition coefficient (Wildman–Crippen LogP) is 5.75. The highest BCUT2D eigenvalue weighted by Gasteiger charge is 2.35. The SMILES string of the molecule is O=C(Nc1ccc(CF)cc1)N1CCc2cccnc2[C@H]1c1ccc(C(F)(F)F)cc1. The number of carbonyl (C=O) groups excluding carboxylic acids is 1. The second-order valence-electron chi connectivity index (χ2n) is 7.27. The zero-order valence-electron chi connectivity index (χ0n) is 16.4. The molecule has 4 rings (SSSR count). The number of nitrogens with one attached hydrogen (secondary N) is 1. The monoisotopic (exact) mass is 429 g/mol. The summed E-state index contributed by atoms with van der Waals surface area (Å²) in [5.41, 5.74) is 2.37. The Labute approximate surface area is 176 Å². The molecule has 1 atom stereocenters. The van der Waals surface area contributed by atoms with E-state index in [1.807, 2.05) is 6.07 Å². The molecule has 4 nitrogen and oxygen atoms in total. The van der Waals surface area contributed by atoms with Gasteiger partial charge in [-0.2, -0.15) is 13.2 Å². The molecule has 31 heavy (non-hydrogen) atoms. The Balaban J connectivity index is 1.66. The van der Waals surface area contributed by atoms with E-state index < -0.39 is 30.5 Å². The van der Waals surface area contributed by atoms with Gasteiger partial charge in [0.1, 0.15) is 12.7 Å². The summed E-state index contributed by atoms with van der Waals surface area (Å²) in [5.74, 6) is 0. The summed E-state index contributed by atoms with van der Waals surface area (Å²) in [6.07, 6.45) is -2.26. The van der Waals surface area contributed by atoms with Gasteiger partial charge in [0.05, 0.1) is 11.3 Å². The van der Waals surface area contributed by atoms with Crippen LogP contribution in [0.15, 0.2) is 66.9 Å². The first kappa shape index (κ1) is 20.8. The molecule has 0 fully saturated rings. The Morgan fingerprint density at radius 1 is 1.06 bits per heavy atom. The van der Waals surface area contributed by atoms with E-state index >= 15 is 0 Å². The van der Waals surface area contributed by atoms with Crippen molar-refractivity contribution in [3.8, 4) is 0 Å². The molecule has 0 unspecified atom stereocenters. The van der Waals surface area contributed by atoms with Crippen molar-refractivity contribution in [3.63, 3.8) is 0 Å². The van der Waals surface area contributed by atoms with Gasteiger partial charge in [0.15, 0.2) is 0 Å². The Bertz CT molecular complexity index is 1070. The van der Waals surface area contributed by atoms with Crippen LogP contribution in [0.3, 0.4) is 0 Å². The largest absolute Gasteiger partial charge is 0.416 e. The van der Waals surface area contributed by atoms with E-state index in [0.29, 0.717) is 35.5 Å². The van der Waals surface area contributed by atoms with Gasteiger partial charge < -0.3 is 10.2 Å². The molecule has 2 amide bonds. The molecule has 0 spiro atoms. The van der Waals surface area contributed by atoms with E-state index in [0.717, 1.165) is 17.7 Å². The first-order valence-electron chi connectivity index (χ1n) is 9.70. The number of benzene rings is 2. The number of amides is 2. The molecule has 0 saturated carbocycles.